The standard InChI is InChI=1S/C17H29NO4/c1-5-6-7-8-9-10-11-12-17(21)22-15(13-16(19)20)14-18(2,3)4/h7-8,11-12,15H,5-6,9-10,13-14H2,1-4H3/p+1/b8-7+,12-11+. The zero-order valence-corrected chi connectivity index (χ0v) is 14.2. The smallest absolute Gasteiger partial charge is 0.330 e. The van der Waals surface area contributed by atoms with E-state index in [1.807, 2.05) is 21.1 Å². The third kappa shape index (κ3) is 13.4. The van der Waals surface area contributed by atoms with Crippen LogP contribution in [0.1, 0.15) is 39.0 Å². The fraction of sp³-hybridized carbons (Fsp3) is 0.647. The average Bonchev–Trinajstić information content (AvgIpc) is 2.34. The molecule has 0 aromatic heterocycles. The summed E-state index contributed by atoms with van der Waals surface area (Å²) in [6.07, 6.45) is 10.5. The Morgan fingerprint density at radius 1 is 1.09 bits per heavy atom. The molecule has 0 saturated heterocycles. The van der Waals surface area contributed by atoms with E-state index in [1.54, 1.807) is 6.08 Å². The first kappa shape index (κ1) is 20.4. The maximum atomic E-state index is 11.7. The van der Waals surface area contributed by atoms with Crippen molar-refractivity contribution in [1.29, 1.82) is 0 Å². The normalized spacial score (nSPS) is 13.6. The Morgan fingerprint density at radius 3 is 2.23 bits per heavy atom. The molecule has 0 bridgehead atoms. The summed E-state index contributed by atoms with van der Waals surface area (Å²) in [7, 11) is 5.80. The van der Waals surface area contributed by atoms with Crippen molar-refractivity contribution in [2.75, 3.05) is 27.7 Å². The number of esters is 1. The van der Waals surface area contributed by atoms with Gasteiger partial charge in [-0.3, -0.25) is 4.79 Å². The van der Waals surface area contributed by atoms with E-state index in [2.05, 4.69) is 19.1 Å². The number of quaternary nitrogens is 1. The van der Waals surface area contributed by atoms with Gasteiger partial charge in [-0.25, -0.2) is 4.79 Å². The highest BCUT2D eigenvalue weighted by Gasteiger charge is 2.23. The molecule has 0 aromatic rings. The average molecular weight is 312 g/mol. The number of rotatable bonds is 11. The summed E-state index contributed by atoms with van der Waals surface area (Å²) in [5.74, 6) is -1.44. The van der Waals surface area contributed by atoms with Crippen molar-refractivity contribution in [2.45, 2.75) is 45.1 Å². The zero-order chi connectivity index (χ0) is 17.0. The van der Waals surface area contributed by atoms with Gasteiger partial charge >= 0.3 is 11.9 Å². The lowest BCUT2D eigenvalue weighted by Gasteiger charge is -2.28. The second kappa shape index (κ2) is 11.0. The molecule has 1 N–H and O–H groups in total. The molecular formula is C17H30NO4+. The molecule has 5 nitrogen and oxygen atoms in total. The van der Waals surface area contributed by atoms with E-state index in [0.29, 0.717) is 11.0 Å². The van der Waals surface area contributed by atoms with Crippen LogP contribution in [0.5, 0.6) is 0 Å². The van der Waals surface area contributed by atoms with Gasteiger partial charge in [-0.1, -0.05) is 31.6 Å². The molecular weight excluding hydrogens is 282 g/mol. The lowest BCUT2D eigenvalue weighted by atomic mass is 10.2. The second-order valence-corrected chi connectivity index (χ2v) is 6.37. The number of allylic oxidation sites excluding steroid dienone is 3. The molecule has 0 amide bonds. The first-order chi connectivity index (χ1) is 10.2. The number of hydrogen-bond donors (Lipinski definition) is 1. The van der Waals surface area contributed by atoms with Crippen LogP contribution in [0.25, 0.3) is 0 Å². The van der Waals surface area contributed by atoms with Crippen LogP contribution in [0.3, 0.4) is 0 Å². The maximum Gasteiger partial charge on any atom is 0.330 e. The number of carbonyl (C=O) groups excluding carboxylic acids is 1. The molecule has 0 aliphatic carbocycles. The Labute approximate surface area is 133 Å². The van der Waals surface area contributed by atoms with E-state index in [-0.39, 0.29) is 6.42 Å². The Hall–Kier alpha value is -1.62. The molecule has 0 radical (unpaired) electrons. The van der Waals surface area contributed by atoms with Gasteiger partial charge in [0.1, 0.15) is 6.54 Å². The van der Waals surface area contributed by atoms with Crippen molar-refractivity contribution in [2.24, 2.45) is 0 Å². The fourth-order valence-electron chi connectivity index (χ4n) is 1.93. The van der Waals surface area contributed by atoms with Crippen molar-refractivity contribution < 1.29 is 23.9 Å². The predicted molar refractivity (Wildman–Crippen MR) is 87.5 cm³/mol. The summed E-state index contributed by atoms with van der Waals surface area (Å²) in [5, 5.41) is 8.89. The minimum absolute atomic E-state index is 0.172. The summed E-state index contributed by atoms with van der Waals surface area (Å²) in [6, 6.07) is 0. The number of hydrogen-bond acceptors (Lipinski definition) is 3. The minimum Gasteiger partial charge on any atom is -0.481 e. The Balaban J connectivity index is 4.23. The van der Waals surface area contributed by atoms with Crippen molar-refractivity contribution >= 4 is 11.9 Å². The van der Waals surface area contributed by atoms with Crippen molar-refractivity contribution in [3.8, 4) is 0 Å². The second-order valence-electron chi connectivity index (χ2n) is 6.37. The Kier molecular flexibility index (Phi) is 10.2. The van der Waals surface area contributed by atoms with Crippen LogP contribution in [-0.4, -0.2) is 55.3 Å². The number of likely N-dealkylation sites (N-methyl/N-ethyl adjacent to an activating group) is 1. The predicted octanol–water partition coefficient (Wildman–Crippen LogP) is 2.77. The maximum absolute atomic E-state index is 11.7. The van der Waals surface area contributed by atoms with Gasteiger partial charge in [0.05, 0.1) is 27.6 Å². The molecule has 0 fully saturated rings. The van der Waals surface area contributed by atoms with Crippen LogP contribution < -0.4 is 0 Å². The zero-order valence-electron chi connectivity index (χ0n) is 14.2. The monoisotopic (exact) mass is 312 g/mol. The SMILES string of the molecule is CCC/C=C/CC/C=C/C(=O)OC(CC(=O)O)C[N+](C)(C)C. The molecule has 0 aliphatic heterocycles. The number of ether oxygens (including phenoxy) is 1. The summed E-state index contributed by atoms with van der Waals surface area (Å²) in [5.41, 5.74) is 0. The first-order valence-corrected chi connectivity index (χ1v) is 7.79. The molecule has 0 rings (SSSR count). The van der Waals surface area contributed by atoms with E-state index in [0.717, 1.165) is 25.7 Å². The first-order valence-electron chi connectivity index (χ1n) is 7.79. The third-order valence-electron chi connectivity index (χ3n) is 2.81. The van der Waals surface area contributed by atoms with Gasteiger partial charge in [0.2, 0.25) is 0 Å². The molecule has 0 aliphatic rings. The third-order valence-corrected chi connectivity index (χ3v) is 2.81. The number of aliphatic carboxylic acids is 1. The van der Waals surface area contributed by atoms with Gasteiger partial charge in [0.15, 0.2) is 6.10 Å². The van der Waals surface area contributed by atoms with Crippen molar-refractivity contribution in [1.82, 2.24) is 0 Å². The molecule has 0 spiro atoms. The number of carboxylic acid groups (broad SMARTS) is 1. The number of carbonyl (C=O) groups is 2. The molecule has 126 valence electrons. The largest absolute Gasteiger partial charge is 0.481 e. The lowest BCUT2D eigenvalue weighted by molar-refractivity contribution is -0.873. The van der Waals surface area contributed by atoms with Gasteiger partial charge < -0.3 is 14.3 Å². The highest BCUT2D eigenvalue weighted by atomic mass is 16.5. The summed E-state index contributed by atoms with van der Waals surface area (Å²) in [4.78, 5) is 22.6. The van der Waals surface area contributed by atoms with E-state index in [9.17, 15) is 9.59 Å². The minimum atomic E-state index is -0.962. The molecule has 1 unspecified atom stereocenters. The van der Waals surface area contributed by atoms with Crippen LogP contribution in [0.2, 0.25) is 0 Å². The molecule has 0 heterocycles. The molecule has 22 heavy (non-hydrogen) atoms. The molecule has 1 atom stereocenters. The van der Waals surface area contributed by atoms with Gasteiger partial charge in [-0.2, -0.15) is 0 Å². The number of nitrogens with zero attached hydrogens (tertiary/aromatic N) is 1. The highest BCUT2D eigenvalue weighted by Crippen LogP contribution is 2.06. The molecule has 5 heteroatoms. The Bertz CT molecular complexity index is 394. The van der Waals surface area contributed by atoms with E-state index in [1.165, 1.54) is 6.08 Å². The van der Waals surface area contributed by atoms with E-state index >= 15 is 0 Å². The van der Waals surface area contributed by atoms with Crippen LogP contribution >= 0.6 is 0 Å². The molecule has 0 saturated carbocycles. The molecule has 0 aromatic carbocycles. The number of carboxylic acids is 1. The van der Waals surface area contributed by atoms with Crippen LogP contribution in [0, 0.1) is 0 Å². The topological polar surface area (TPSA) is 63.6 Å². The van der Waals surface area contributed by atoms with Crippen LogP contribution in [0.15, 0.2) is 24.3 Å². The van der Waals surface area contributed by atoms with Gasteiger partial charge in [-0.05, 0) is 19.3 Å². The highest BCUT2D eigenvalue weighted by molar-refractivity contribution is 5.82. The quantitative estimate of drug-likeness (QED) is 0.209. The van der Waals surface area contributed by atoms with E-state index in [4.69, 9.17) is 9.84 Å². The van der Waals surface area contributed by atoms with Crippen molar-refractivity contribution in [3.63, 3.8) is 0 Å². The Morgan fingerprint density at radius 2 is 1.68 bits per heavy atom. The number of unbranched alkanes of at least 4 members (excludes halogenated alkanes) is 2. The summed E-state index contributed by atoms with van der Waals surface area (Å²) >= 11 is 0. The lowest BCUT2D eigenvalue weighted by Crippen LogP contribution is -2.43. The van der Waals surface area contributed by atoms with E-state index < -0.39 is 18.0 Å². The van der Waals surface area contributed by atoms with Gasteiger partial charge in [0.25, 0.3) is 0 Å². The fourth-order valence-corrected chi connectivity index (χ4v) is 1.93. The van der Waals surface area contributed by atoms with Gasteiger partial charge in [-0.15, -0.1) is 0 Å². The summed E-state index contributed by atoms with van der Waals surface area (Å²) < 4.78 is 5.78. The van der Waals surface area contributed by atoms with Crippen molar-refractivity contribution in [3.05, 3.63) is 24.3 Å². The van der Waals surface area contributed by atoms with Gasteiger partial charge in [0, 0.05) is 6.08 Å². The summed E-state index contributed by atoms with van der Waals surface area (Å²) in [6.45, 7) is 2.59. The van der Waals surface area contributed by atoms with Crippen LogP contribution in [-0.2, 0) is 14.3 Å². The van der Waals surface area contributed by atoms with Crippen LogP contribution in [0.4, 0.5) is 0 Å².